The van der Waals surface area contributed by atoms with Gasteiger partial charge in [0.2, 0.25) is 5.88 Å². The Balaban J connectivity index is 1.85. The second-order valence-electron chi connectivity index (χ2n) is 4.43. The maximum Gasteiger partial charge on any atom is 0.213 e. The molecule has 18 heavy (non-hydrogen) atoms. The minimum absolute atomic E-state index is 0.0531. The normalized spacial score (nSPS) is 16.0. The summed E-state index contributed by atoms with van der Waals surface area (Å²) in [4.78, 5) is 6.37. The van der Waals surface area contributed by atoms with Crippen LogP contribution in [0.4, 0.5) is 0 Å². The number of aromatic nitrogens is 1. The topological polar surface area (TPSA) is 84.0 Å². The zero-order valence-corrected chi connectivity index (χ0v) is 10.4. The maximum atomic E-state index is 8.59. The molecule has 0 saturated heterocycles. The summed E-state index contributed by atoms with van der Waals surface area (Å²) in [6.07, 6.45) is 4.15. The van der Waals surface area contributed by atoms with Gasteiger partial charge in [0, 0.05) is 30.4 Å². The Kier molecular flexibility index (Phi) is 3.99. The smallest absolute Gasteiger partial charge is 0.213 e. The molecule has 2 rings (SSSR count). The average molecular weight is 250 g/mol. The van der Waals surface area contributed by atoms with Gasteiger partial charge in [-0.25, -0.2) is 4.98 Å². The molecule has 1 aromatic rings. The predicted octanol–water partition coefficient (Wildman–Crippen LogP) is 0.649. The minimum atomic E-state index is 0.0531. The molecule has 0 aromatic carbocycles. The fraction of sp³-hybridized carbons (Fsp3) is 0.500. The molecule has 1 aliphatic rings. The first-order chi connectivity index (χ1) is 8.70. The van der Waals surface area contributed by atoms with Crippen LogP contribution < -0.4 is 10.5 Å². The number of amidine groups is 1. The lowest BCUT2D eigenvalue weighted by atomic mass is 10.2. The summed E-state index contributed by atoms with van der Waals surface area (Å²) in [6.45, 7) is 1.46. The molecule has 98 valence electrons. The first-order valence-electron chi connectivity index (χ1n) is 5.97. The Morgan fingerprint density at radius 3 is 3.11 bits per heavy atom. The van der Waals surface area contributed by atoms with Crippen LogP contribution >= 0.6 is 0 Å². The molecule has 6 nitrogen and oxygen atoms in total. The lowest BCUT2D eigenvalue weighted by molar-refractivity contribution is 0.226. The van der Waals surface area contributed by atoms with Crippen molar-refractivity contribution in [2.75, 3.05) is 20.2 Å². The summed E-state index contributed by atoms with van der Waals surface area (Å²) in [5, 5.41) is 11.5. The molecule has 1 aliphatic carbocycles. The van der Waals surface area contributed by atoms with E-state index >= 15 is 0 Å². The quantitative estimate of drug-likeness (QED) is 0.335. The van der Waals surface area contributed by atoms with Crippen LogP contribution in [0.1, 0.15) is 18.4 Å². The van der Waals surface area contributed by atoms with Crippen LogP contribution in [0.2, 0.25) is 0 Å². The molecule has 0 amide bonds. The number of hydrogen-bond donors (Lipinski definition) is 2. The number of nitrogens with two attached hydrogens (primary N) is 1. The van der Waals surface area contributed by atoms with Gasteiger partial charge in [-0.1, -0.05) is 5.16 Å². The Morgan fingerprint density at radius 2 is 2.44 bits per heavy atom. The van der Waals surface area contributed by atoms with E-state index < -0.39 is 0 Å². The predicted molar refractivity (Wildman–Crippen MR) is 67.9 cm³/mol. The van der Waals surface area contributed by atoms with E-state index in [1.165, 1.54) is 12.8 Å². The number of nitrogens with zero attached hydrogens (tertiary/aromatic N) is 3. The van der Waals surface area contributed by atoms with Crippen LogP contribution in [-0.2, 0) is 0 Å². The van der Waals surface area contributed by atoms with E-state index in [0.29, 0.717) is 18.1 Å². The van der Waals surface area contributed by atoms with E-state index in [0.717, 1.165) is 12.6 Å². The molecule has 1 aromatic heterocycles. The number of oxime groups is 1. The van der Waals surface area contributed by atoms with E-state index in [9.17, 15) is 0 Å². The minimum Gasteiger partial charge on any atom is -0.476 e. The van der Waals surface area contributed by atoms with Gasteiger partial charge in [0.25, 0.3) is 0 Å². The molecule has 0 spiro atoms. The fourth-order valence-corrected chi connectivity index (χ4v) is 1.70. The second kappa shape index (κ2) is 5.68. The van der Waals surface area contributed by atoms with Gasteiger partial charge in [-0.3, -0.25) is 0 Å². The molecule has 3 N–H and O–H groups in total. The van der Waals surface area contributed by atoms with Crippen molar-refractivity contribution in [3.05, 3.63) is 23.9 Å². The molecule has 1 fully saturated rings. The third-order valence-electron chi connectivity index (χ3n) is 3.00. The molecule has 1 saturated carbocycles. The van der Waals surface area contributed by atoms with Gasteiger partial charge in [-0.15, -0.1) is 0 Å². The van der Waals surface area contributed by atoms with Crippen molar-refractivity contribution >= 4 is 5.84 Å². The van der Waals surface area contributed by atoms with E-state index in [1.54, 1.807) is 18.3 Å². The Labute approximate surface area is 106 Å². The van der Waals surface area contributed by atoms with Gasteiger partial charge in [0.1, 0.15) is 6.61 Å². The SMILES string of the molecule is CN(CCOc1cc(/C(N)=N/O)ccn1)C1CC1. The average Bonchev–Trinajstić information content (AvgIpc) is 3.22. The van der Waals surface area contributed by atoms with Crippen LogP contribution in [0.5, 0.6) is 5.88 Å². The molecule has 1 heterocycles. The molecule has 0 atom stereocenters. The molecule has 0 unspecified atom stereocenters. The van der Waals surface area contributed by atoms with Gasteiger partial charge in [0.05, 0.1) is 0 Å². The zero-order chi connectivity index (χ0) is 13.0. The highest BCUT2D eigenvalue weighted by Crippen LogP contribution is 2.24. The van der Waals surface area contributed by atoms with E-state index in [-0.39, 0.29) is 5.84 Å². The first kappa shape index (κ1) is 12.6. The van der Waals surface area contributed by atoms with Gasteiger partial charge < -0.3 is 20.6 Å². The van der Waals surface area contributed by atoms with Crippen LogP contribution in [0, 0.1) is 0 Å². The standard InChI is InChI=1S/C12H18N4O2/c1-16(10-2-3-10)6-7-18-11-8-9(4-5-14-11)12(13)15-17/h4-5,8,10,17H,2-3,6-7H2,1H3,(H2,13,15). The van der Waals surface area contributed by atoms with Crippen molar-refractivity contribution in [3.63, 3.8) is 0 Å². The molecule has 0 radical (unpaired) electrons. The maximum absolute atomic E-state index is 8.59. The van der Waals surface area contributed by atoms with Crippen LogP contribution in [0.15, 0.2) is 23.5 Å². The van der Waals surface area contributed by atoms with Crippen molar-refractivity contribution in [1.82, 2.24) is 9.88 Å². The van der Waals surface area contributed by atoms with Crippen LogP contribution in [-0.4, -0.2) is 47.2 Å². The van der Waals surface area contributed by atoms with Crippen molar-refractivity contribution < 1.29 is 9.94 Å². The third kappa shape index (κ3) is 3.33. The summed E-state index contributed by atoms with van der Waals surface area (Å²) in [7, 11) is 2.10. The van der Waals surface area contributed by atoms with Crippen LogP contribution in [0.25, 0.3) is 0 Å². The monoisotopic (exact) mass is 250 g/mol. The number of hydrogen-bond acceptors (Lipinski definition) is 5. The summed E-state index contributed by atoms with van der Waals surface area (Å²) in [5.41, 5.74) is 6.09. The number of rotatable bonds is 6. The molecular formula is C12H18N4O2. The number of likely N-dealkylation sites (N-methyl/N-ethyl adjacent to an activating group) is 1. The number of pyridine rings is 1. The highest BCUT2D eigenvalue weighted by atomic mass is 16.5. The third-order valence-corrected chi connectivity index (χ3v) is 3.00. The summed E-state index contributed by atoms with van der Waals surface area (Å²) < 4.78 is 5.54. The zero-order valence-electron chi connectivity index (χ0n) is 10.4. The number of ether oxygens (including phenoxy) is 1. The van der Waals surface area contributed by atoms with Gasteiger partial charge in [-0.2, -0.15) is 0 Å². The lowest BCUT2D eigenvalue weighted by Gasteiger charge is -2.15. The second-order valence-corrected chi connectivity index (χ2v) is 4.43. The van der Waals surface area contributed by atoms with E-state index in [1.807, 2.05) is 0 Å². The Bertz CT molecular complexity index is 432. The summed E-state index contributed by atoms with van der Waals surface area (Å²) in [6, 6.07) is 4.05. The van der Waals surface area contributed by atoms with Crippen molar-refractivity contribution in [2.24, 2.45) is 10.9 Å². The van der Waals surface area contributed by atoms with Crippen LogP contribution in [0.3, 0.4) is 0 Å². The molecule has 0 bridgehead atoms. The van der Waals surface area contributed by atoms with Crippen molar-refractivity contribution in [1.29, 1.82) is 0 Å². The highest BCUT2D eigenvalue weighted by Gasteiger charge is 2.25. The van der Waals surface area contributed by atoms with E-state index in [4.69, 9.17) is 15.7 Å². The van der Waals surface area contributed by atoms with Crippen molar-refractivity contribution in [2.45, 2.75) is 18.9 Å². The first-order valence-corrected chi connectivity index (χ1v) is 5.97. The molecule has 6 heteroatoms. The van der Waals surface area contributed by atoms with Crippen molar-refractivity contribution in [3.8, 4) is 5.88 Å². The van der Waals surface area contributed by atoms with Gasteiger partial charge in [0.15, 0.2) is 5.84 Å². The van der Waals surface area contributed by atoms with Gasteiger partial charge >= 0.3 is 0 Å². The lowest BCUT2D eigenvalue weighted by Crippen LogP contribution is -2.26. The molecular weight excluding hydrogens is 232 g/mol. The highest BCUT2D eigenvalue weighted by molar-refractivity contribution is 5.97. The largest absolute Gasteiger partial charge is 0.476 e. The Morgan fingerprint density at radius 1 is 1.67 bits per heavy atom. The summed E-state index contributed by atoms with van der Waals surface area (Å²) >= 11 is 0. The summed E-state index contributed by atoms with van der Waals surface area (Å²) in [5.74, 6) is 0.542. The van der Waals surface area contributed by atoms with E-state index in [2.05, 4.69) is 22.1 Å². The fourth-order valence-electron chi connectivity index (χ4n) is 1.70. The van der Waals surface area contributed by atoms with Gasteiger partial charge in [-0.05, 0) is 26.0 Å². The Hall–Kier alpha value is -1.82. The molecule has 0 aliphatic heterocycles.